The van der Waals surface area contributed by atoms with Gasteiger partial charge >= 0.3 is 0 Å². The maximum atomic E-state index is 6.15. The minimum Gasteiger partial charge on any atom is -0.489 e. The largest absolute Gasteiger partial charge is 0.489 e. The Morgan fingerprint density at radius 3 is 2.78 bits per heavy atom. The molecule has 1 aromatic carbocycles. The highest BCUT2D eigenvalue weighted by Crippen LogP contribution is 2.29. The Hall–Kier alpha value is -1.59. The van der Waals surface area contributed by atoms with E-state index in [4.69, 9.17) is 22.1 Å². The number of ether oxygens (including phenoxy) is 1. The minimum absolute atomic E-state index is 0.0840. The lowest BCUT2D eigenvalue weighted by Crippen LogP contribution is -2.05. The molecule has 2 aromatic rings. The van der Waals surface area contributed by atoms with Gasteiger partial charge in [-0.3, -0.25) is 5.10 Å². The first kappa shape index (κ1) is 12.9. The number of benzene rings is 1. The summed E-state index contributed by atoms with van der Waals surface area (Å²) >= 11 is 6.15. The lowest BCUT2D eigenvalue weighted by atomic mass is 10.2. The fourth-order valence-electron chi connectivity index (χ4n) is 1.51. The van der Waals surface area contributed by atoms with Crippen molar-refractivity contribution in [2.24, 2.45) is 5.73 Å². The van der Waals surface area contributed by atoms with Gasteiger partial charge in [-0.1, -0.05) is 11.6 Å². The first-order chi connectivity index (χ1) is 8.60. The van der Waals surface area contributed by atoms with Crippen LogP contribution < -0.4 is 10.5 Å². The van der Waals surface area contributed by atoms with Gasteiger partial charge in [0.1, 0.15) is 11.6 Å². The molecule has 0 fully saturated rings. The highest BCUT2D eigenvalue weighted by atomic mass is 35.5. The highest BCUT2D eigenvalue weighted by molar-refractivity contribution is 6.32. The molecule has 0 aliphatic rings. The van der Waals surface area contributed by atoms with Crippen LogP contribution in [0.1, 0.15) is 19.7 Å². The monoisotopic (exact) mass is 266 g/mol. The van der Waals surface area contributed by atoms with E-state index in [9.17, 15) is 0 Å². The Bertz CT molecular complexity index is 539. The van der Waals surface area contributed by atoms with Gasteiger partial charge < -0.3 is 10.5 Å². The Morgan fingerprint density at radius 1 is 1.44 bits per heavy atom. The fraction of sp³-hybridized carbons (Fsp3) is 0.333. The zero-order chi connectivity index (χ0) is 13.1. The van der Waals surface area contributed by atoms with Gasteiger partial charge in [-0.2, -0.15) is 5.10 Å². The summed E-state index contributed by atoms with van der Waals surface area (Å²) in [7, 11) is 0. The summed E-state index contributed by atoms with van der Waals surface area (Å²) in [6, 6.07) is 5.46. The molecular formula is C12H15ClN4O. The number of halogens is 1. The number of aromatic amines is 1. The predicted molar refractivity (Wildman–Crippen MR) is 70.5 cm³/mol. The van der Waals surface area contributed by atoms with Gasteiger partial charge in [-0.15, -0.1) is 0 Å². The van der Waals surface area contributed by atoms with Crippen LogP contribution in [0.15, 0.2) is 18.2 Å². The molecule has 0 spiro atoms. The topological polar surface area (TPSA) is 76.8 Å². The first-order valence-corrected chi connectivity index (χ1v) is 6.06. The quantitative estimate of drug-likeness (QED) is 0.891. The smallest absolute Gasteiger partial charge is 0.181 e. The van der Waals surface area contributed by atoms with Gasteiger partial charge in [0.25, 0.3) is 0 Å². The lowest BCUT2D eigenvalue weighted by molar-refractivity contribution is 0.242. The maximum Gasteiger partial charge on any atom is 0.181 e. The van der Waals surface area contributed by atoms with Gasteiger partial charge in [-0.25, -0.2) is 4.98 Å². The molecule has 96 valence electrons. The third-order valence-corrected chi connectivity index (χ3v) is 2.57. The maximum absolute atomic E-state index is 6.15. The highest BCUT2D eigenvalue weighted by Gasteiger charge is 2.09. The molecule has 1 heterocycles. The number of nitrogens with two attached hydrogens (primary N) is 1. The molecule has 6 heteroatoms. The van der Waals surface area contributed by atoms with Crippen LogP contribution in [0.5, 0.6) is 5.75 Å². The number of hydrogen-bond donors (Lipinski definition) is 2. The van der Waals surface area contributed by atoms with Crippen LogP contribution in [0.4, 0.5) is 0 Å². The molecule has 0 radical (unpaired) electrons. The van der Waals surface area contributed by atoms with E-state index in [1.807, 2.05) is 26.0 Å². The van der Waals surface area contributed by atoms with Gasteiger partial charge in [-0.05, 0) is 32.0 Å². The number of nitrogens with zero attached hydrogens (tertiary/aromatic N) is 2. The van der Waals surface area contributed by atoms with E-state index >= 15 is 0 Å². The molecule has 18 heavy (non-hydrogen) atoms. The predicted octanol–water partition coefficient (Wildman–Crippen LogP) is 2.37. The summed E-state index contributed by atoms with van der Waals surface area (Å²) < 4.78 is 5.56. The molecule has 1 aromatic heterocycles. The summed E-state index contributed by atoms with van der Waals surface area (Å²) in [5, 5.41) is 7.38. The molecule has 0 saturated heterocycles. The van der Waals surface area contributed by atoms with Crippen molar-refractivity contribution in [2.45, 2.75) is 26.5 Å². The summed E-state index contributed by atoms with van der Waals surface area (Å²) in [5.41, 5.74) is 6.30. The van der Waals surface area contributed by atoms with Crippen LogP contribution in [0.25, 0.3) is 11.4 Å². The van der Waals surface area contributed by atoms with E-state index in [2.05, 4.69) is 15.2 Å². The number of H-pyrrole nitrogens is 1. The second kappa shape index (κ2) is 5.37. The zero-order valence-corrected chi connectivity index (χ0v) is 11.0. The summed E-state index contributed by atoms with van der Waals surface area (Å²) in [6.07, 6.45) is 0.0840. The number of rotatable bonds is 4. The van der Waals surface area contributed by atoms with Crippen molar-refractivity contribution >= 4 is 11.6 Å². The number of nitrogens with one attached hydrogen (secondary N) is 1. The molecule has 0 amide bonds. The van der Waals surface area contributed by atoms with Gasteiger partial charge in [0.05, 0.1) is 17.7 Å². The van der Waals surface area contributed by atoms with E-state index in [0.717, 1.165) is 5.56 Å². The van der Waals surface area contributed by atoms with Crippen LogP contribution in [-0.4, -0.2) is 21.3 Å². The van der Waals surface area contributed by atoms with Crippen molar-refractivity contribution in [3.63, 3.8) is 0 Å². The zero-order valence-electron chi connectivity index (χ0n) is 10.3. The van der Waals surface area contributed by atoms with Crippen molar-refractivity contribution in [3.05, 3.63) is 29.0 Å². The van der Waals surface area contributed by atoms with Gasteiger partial charge in [0.15, 0.2) is 5.82 Å². The van der Waals surface area contributed by atoms with Crippen LogP contribution in [-0.2, 0) is 6.54 Å². The molecule has 0 aliphatic carbocycles. The van der Waals surface area contributed by atoms with E-state index in [0.29, 0.717) is 29.0 Å². The van der Waals surface area contributed by atoms with Crippen molar-refractivity contribution in [3.8, 4) is 17.1 Å². The van der Waals surface area contributed by atoms with Gasteiger partial charge in [0, 0.05) is 5.56 Å². The molecule has 2 rings (SSSR count). The van der Waals surface area contributed by atoms with Crippen molar-refractivity contribution in [1.82, 2.24) is 15.2 Å². The summed E-state index contributed by atoms with van der Waals surface area (Å²) in [4.78, 5) is 4.24. The molecule has 0 aliphatic heterocycles. The molecule has 0 unspecified atom stereocenters. The Labute approximate surface area is 110 Å². The van der Waals surface area contributed by atoms with Gasteiger partial charge in [0.2, 0.25) is 0 Å². The van der Waals surface area contributed by atoms with Crippen LogP contribution in [0, 0.1) is 0 Å². The van der Waals surface area contributed by atoms with E-state index in [-0.39, 0.29) is 6.10 Å². The molecule has 0 saturated carbocycles. The third-order valence-electron chi connectivity index (χ3n) is 2.28. The summed E-state index contributed by atoms with van der Waals surface area (Å²) in [6.45, 7) is 4.23. The minimum atomic E-state index is 0.0840. The normalized spacial score (nSPS) is 10.9. The van der Waals surface area contributed by atoms with Crippen molar-refractivity contribution < 1.29 is 4.74 Å². The molecule has 3 N–H and O–H groups in total. The Kier molecular flexibility index (Phi) is 3.84. The second-order valence-corrected chi connectivity index (χ2v) is 4.53. The third kappa shape index (κ3) is 2.80. The Morgan fingerprint density at radius 2 is 2.22 bits per heavy atom. The molecule has 5 nitrogen and oxygen atoms in total. The van der Waals surface area contributed by atoms with Crippen LogP contribution in [0.2, 0.25) is 5.02 Å². The van der Waals surface area contributed by atoms with Crippen molar-refractivity contribution in [2.75, 3.05) is 0 Å². The fourth-order valence-corrected chi connectivity index (χ4v) is 1.73. The summed E-state index contributed by atoms with van der Waals surface area (Å²) in [5.74, 6) is 1.88. The lowest BCUT2D eigenvalue weighted by Gasteiger charge is -2.11. The first-order valence-electron chi connectivity index (χ1n) is 5.68. The van der Waals surface area contributed by atoms with Crippen molar-refractivity contribution in [1.29, 1.82) is 0 Å². The molecular weight excluding hydrogens is 252 g/mol. The van der Waals surface area contributed by atoms with E-state index in [1.165, 1.54) is 0 Å². The second-order valence-electron chi connectivity index (χ2n) is 4.12. The van der Waals surface area contributed by atoms with E-state index < -0.39 is 0 Å². The molecule has 0 atom stereocenters. The Balaban J connectivity index is 2.28. The van der Waals surface area contributed by atoms with Crippen LogP contribution >= 0.6 is 11.6 Å². The number of aromatic nitrogens is 3. The van der Waals surface area contributed by atoms with E-state index in [1.54, 1.807) is 6.07 Å². The SMILES string of the molecule is CC(C)Oc1ccc(-c2n[nH]c(CN)n2)cc1Cl. The molecule has 0 bridgehead atoms. The average molecular weight is 267 g/mol. The van der Waals surface area contributed by atoms with Crippen LogP contribution in [0.3, 0.4) is 0 Å². The average Bonchev–Trinajstić information content (AvgIpc) is 2.80. The standard InChI is InChI=1S/C12H15ClN4O/c1-7(2)18-10-4-3-8(5-9(10)13)12-15-11(6-14)16-17-12/h3-5,7H,6,14H2,1-2H3,(H,15,16,17). The number of hydrogen-bond acceptors (Lipinski definition) is 4.